The largest absolute Gasteiger partial charge is 0.310 e. The van der Waals surface area contributed by atoms with Gasteiger partial charge in [-0.2, -0.15) is 0 Å². The zero-order valence-corrected chi connectivity index (χ0v) is 34.3. The first-order valence-corrected chi connectivity index (χ1v) is 20.7. The minimum atomic E-state index is -0.437. The molecule has 2 aliphatic carbocycles. The number of rotatable bonds is 5. The van der Waals surface area contributed by atoms with Gasteiger partial charge in [-0.1, -0.05) is 193 Å². The van der Waals surface area contributed by atoms with Crippen LogP contribution in [0.5, 0.6) is 0 Å². The Labute approximate surface area is 344 Å². The van der Waals surface area contributed by atoms with Gasteiger partial charge in [0.1, 0.15) is 0 Å². The number of fused-ring (bicyclic) bond motifs is 10. The normalized spacial score (nSPS) is 13.5. The fourth-order valence-corrected chi connectivity index (χ4v) is 9.67. The predicted molar refractivity (Wildman–Crippen MR) is 246 cm³/mol. The van der Waals surface area contributed by atoms with Crippen molar-refractivity contribution >= 4 is 17.1 Å². The molecule has 1 heteroatoms. The molecule has 0 saturated carbocycles. The molecule has 8 aromatic carbocycles. The van der Waals surface area contributed by atoms with E-state index in [1.54, 1.807) is 0 Å². The highest BCUT2D eigenvalue weighted by atomic mass is 15.1. The molecule has 0 aliphatic heterocycles. The predicted octanol–water partition coefficient (Wildman–Crippen LogP) is 15.4. The second-order valence-electron chi connectivity index (χ2n) is 18.2. The molecule has 0 aromatic heterocycles. The Balaban J connectivity index is 1.23. The number of anilines is 3. The lowest BCUT2D eigenvalue weighted by molar-refractivity contribution is 0.586. The average Bonchev–Trinajstić information content (AvgIpc) is 3.70. The first-order valence-electron chi connectivity index (χ1n) is 20.7. The van der Waals surface area contributed by atoms with Gasteiger partial charge in [0.2, 0.25) is 0 Å². The van der Waals surface area contributed by atoms with E-state index < -0.39 is 5.41 Å². The zero-order valence-electron chi connectivity index (χ0n) is 34.3. The summed E-state index contributed by atoms with van der Waals surface area (Å²) in [5.74, 6) is 0. The fraction of sp³-hybridized carbons (Fsp3) is 0.158. The Bertz CT molecular complexity index is 2770. The van der Waals surface area contributed by atoms with E-state index in [-0.39, 0.29) is 10.8 Å². The van der Waals surface area contributed by atoms with Crippen molar-refractivity contribution in [3.63, 3.8) is 0 Å². The van der Waals surface area contributed by atoms with E-state index in [9.17, 15) is 0 Å². The molecule has 1 spiro atoms. The van der Waals surface area contributed by atoms with Crippen molar-refractivity contribution in [2.75, 3.05) is 4.90 Å². The van der Waals surface area contributed by atoms with E-state index in [1.807, 2.05) is 0 Å². The summed E-state index contributed by atoms with van der Waals surface area (Å²) in [7, 11) is 0. The molecule has 0 atom stereocenters. The van der Waals surface area contributed by atoms with Crippen LogP contribution in [0, 0.1) is 0 Å². The van der Waals surface area contributed by atoms with Crippen LogP contribution >= 0.6 is 0 Å². The van der Waals surface area contributed by atoms with Crippen LogP contribution in [0.4, 0.5) is 17.1 Å². The quantitative estimate of drug-likeness (QED) is 0.169. The Kier molecular flexibility index (Phi) is 8.25. The molecule has 2 aliphatic rings. The summed E-state index contributed by atoms with van der Waals surface area (Å²) in [6.07, 6.45) is 0. The van der Waals surface area contributed by atoms with E-state index in [0.717, 1.165) is 17.1 Å². The van der Waals surface area contributed by atoms with Gasteiger partial charge in [0.15, 0.2) is 0 Å². The molecule has 58 heavy (non-hydrogen) atoms. The standard InChI is InChI=1S/C57H49N/c1-55(2,3)40-26-30-47-48-31-27-41(56(4,5)6)35-54(48)57(53(47)34-40)51-25-17-16-24-46(51)50-37-44(29-33-52(50)57)58(42-22-14-9-15-23-42)43-28-32-45(38-18-10-7-11-19-38)49(36-43)39-20-12-8-13-21-39/h7-37H,1-6H3. The van der Waals surface area contributed by atoms with Gasteiger partial charge in [0.05, 0.1) is 5.41 Å². The summed E-state index contributed by atoms with van der Waals surface area (Å²) in [5, 5.41) is 0. The lowest BCUT2D eigenvalue weighted by Gasteiger charge is -2.33. The van der Waals surface area contributed by atoms with Crippen LogP contribution in [-0.2, 0) is 16.2 Å². The van der Waals surface area contributed by atoms with Crippen LogP contribution < -0.4 is 4.90 Å². The summed E-state index contributed by atoms with van der Waals surface area (Å²) in [4.78, 5) is 2.43. The maximum Gasteiger partial charge on any atom is 0.0725 e. The third-order valence-electron chi connectivity index (χ3n) is 12.6. The molecule has 0 fully saturated rings. The van der Waals surface area contributed by atoms with Gasteiger partial charge in [-0.05, 0) is 125 Å². The van der Waals surface area contributed by atoms with E-state index in [1.165, 1.54) is 77.9 Å². The molecular formula is C57H49N. The summed E-state index contributed by atoms with van der Waals surface area (Å²) >= 11 is 0. The Morgan fingerprint density at radius 2 is 0.741 bits per heavy atom. The van der Waals surface area contributed by atoms with Crippen molar-refractivity contribution in [1.82, 2.24) is 0 Å². The van der Waals surface area contributed by atoms with Gasteiger partial charge in [-0.3, -0.25) is 0 Å². The van der Waals surface area contributed by atoms with E-state index in [2.05, 4.69) is 234 Å². The fourth-order valence-electron chi connectivity index (χ4n) is 9.67. The van der Waals surface area contributed by atoms with Gasteiger partial charge in [0, 0.05) is 17.1 Å². The van der Waals surface area contributed by atoms with Crippen LogP contribution in [-0.4, -0.2) is 0 Å². The number of nitrogens with zero attached hydrogens (tertiary/aromatic N) is 1. The molecule has 0 radical (unpaired) electrons. The molecule has 0 saturated heterocycles. The monoisotopic (exact) mass is 747 g/mol. The second kappa shape index (κ2) is 13.3. The summed E-state index contributed by atoms with van der Waals surface area (Å²) in [6, 6.07) is 70.4. The molecule has 0 heterocycles. The van der Waals surface area contributed by atoms with E-state index >= 15 is 0 Å². The summed E-state index contributed by atoms with van der Waals surface area (Å²) < 4.78 is 0. The maximum atomic E-state index is 2.53. The Morgan fingerprint density at radius 1 is 0.310 bits per heavy atom. The Morgan fingerprint density at radius 3 is 1.31 bits per heavy atom. The van der Waals surface area contributed by atoms with Gasteiger partial charge >= 0.3 is 0 Å². The molecule has 8 aromatic rings. The summed E-state index contributed by atoms with van der Waals surface area (Å²) in [5.41, 5.74) is 21.3. The molecular weight excluding hydrogens is 699 g/mol. The van der Waals surface area contributed by atoms with E-state index in [0.29, 0.717) is 0 Å². The zero-order chi connectivity index (χ0) is 39.8. The van der Waals surface area contributed by atoms with Crippen LogP contribution in [0.3, 0.4) is 0 Å². The molecule has 10 rings (SSSR count). The molecule has 282 valence electrons. The molecule has 0 N–H and O–H groups in total. The van der Waals surface area contributed by atoms with Gasteiger partial charge in [-0.25, -0.2) is 0 Å². The number of benzene rings is 8. The average molecular weight is 748 g/mol. The van der Waals surface area contributed by atoms with Crippen LogP contribution in [0.2, 0.25) is 0 Å². The van der Waals surface area contributed by atoms with E-state index in [4.69, 9.17) is 0 Å². The smallest absolute Gasteiger partial charge is 0.0725 e. The second-order valence-corrected chi connectivity index (χ2v) is 18.2. The molecule has 0 amide bonds. The molecule has 0 bridgehead atoms. The van der Waals surface area contributed by atoms with Crippen molar-refractivity contribution in [1.29, 1.82) is 0 Å². The third-order valence-corrected chi connectivity index (χ3v) is 12.6. The highest BCUT2D eigenvalue weighted by Gasteiger charge is 2.52. The SMILES string of the molecule is CC(C)(C)c1ccc2c(c1)C1(c3ccccc3-c3cc(N(c4ccccc4)c4ccc(-c5ccccc5)c(-c5ccccc5)c4)ccc31)c1cc(C(C)(C)C)ccc1-2. The summed E-state index contributed by atoms with van der Waals surface area (Å²) in [6.45, 7) is 14.0. The lowest BCUT2D eigenvalue weighted by Crippen LogP contribution is -2.27. The first-order chi connectivity index (χ1) is 28.0. The van der Waals surface area contributed by atoms with Crippen LogP contribution in [0.25, 0.3) is 44.5 Å². The van der Waals surface area contributed by atoms with Crippen molar-refractivity contribution in [2.24, 2.45) is 0 Å². The van der Waals surface area contributed by atoms with Gasteiger partial charge in [0.25, 0.3) is 0 Å². The lowest BCUT2D eigenvalue weighted by atomic mass is 9.69. The third kappa shape index (κ3) is 5.59. The van der Waals surface area contributed by atoms with Gasteiger partial charge < -0.3 is 4.90 Å². The van der Waals surface area contributed by atoms with Gasteiger partial charge in [-0.15, -0.1) is 0 Å². The molecule has 0 unspecified atom stereocenters. The Hall–Kier alpha value is -6.44. The van der Waals surface area contributed by atoms with Crippen molar-refractivity contribution in [3.05, 3.63) is 221 Å². The highest BCUT2D eigenvalue weighted by Crippen LogP contribution is 2.64. The van der Waals surface area contributed by atoms with Crippen LogP contribution in [0.15, 0.2) is 188 Å². The maximum absolute atomic E-state index is 2.53. The van der Waals surface area contributed by atoms with Crippen molar-refractivity contribution in [2.45, 2.75) is 57.8 Å². The minimum absolute atomic E-state index is 0.0111. The minimum Gasteiger partial charge on any atom is -0.310 e. The van der Waals surface area contributed by atoms with Crippen LogP contribution in [0.1, 0.15) is 74.9 Å². The number of hydrogen-bond donors (Lipinski definition) is 0. The topological polar surface area (TPSA) is 3.24 Å². The van der Waals surface area contributed by atoms with Crippen molar-refractivity contribution < 1.29 is 0 Å². The number of hydrogen-bond acceptors (Lipinski definition) is 1. The molecule has 1 nitrogen and oxygen atoms in total. The first kappa shape index (κ1) is 35.9. The van der Waals surface area contributed by atoms with Crippen molar-refractivity contribution in [3.8, 4) is 44.5 Å². The highest BCUT2D eigenvalue weighted by molar-refractivity contribution is 5.97. The number of para-hydroxylation sites is 1.